The minimum atomic E-state index is -1.28. The molecule has 1 amide bonds. The molecule has 1 N–H and O–H groups in total. The van der Waals surface area contributed by atoms with Crippen LogP contribution in [0.4, 0.5) is 5.69 Å². The highest BCUT2D eigenvalue weighted by Gasteiger charge is 2.22. The molecule has 124 valence electrons. The van der Waals surface area contributed by atoms with Gasteiger partial charge in [0.25, 0.3) is 0 Å². The first-order valence-electron chi connectivity index (χ1n) is 7.87. The molecule has 25 heavy (non-hydrogen) atoms. The van der Waals surface area contributed by atoms with E-state index in [9.17, 15) is 14.7 Å². The average molecular weight is 330 g/mol. The van der Waals surface area contributed by atoms with Gasteiger partial charge in [0, 0.05) is 5.69 Å². The van der Waals surface area contributed by atoms with E-state index in [1.165, 1.54) is 12.1 Å². The number of benzene rings is 3. The van der Waals surface area contributed by atoms with Crippen LogP contribution in [0.5, 0.6) is 0 Å². The van der Waals surface area contributed by atoms with Gasteiger partial charge in [-0.2, -0.15) is 0 Å². The molecule has 0 spiro atoms. The number of amides is 1. The molecule has 4 heteroatoms. The Kier molecular flexibility index (Phi) is 4.90. The number of carboxylic acid groups (broad SMARTS) is 1. The quantitative estimate of drug-likeness (QED) is 0.782. The maximum Gasteiger partial charge on any atom is 0.236 e. The number of hydrogen-bond donors (Lipinski definition) is 1. The van der Waals surface area contributed by atoms with E-state index in [2.05, 4.69) is 5.32 Å². The first kappa shape index (κ1) is 16.5. The molecular weight excluding hydrogens is 314 g/mol. The predicted octanol–water partition coefficient (Wildman–Crippen LogP) is 2.82. The third-order valence-electron chi connectivity index (χ3n) is 3.89. The van der Waals surface area contributed by atoms with Gasteiger partial charge in [-0.1, -0.05) is 72.8 Å². The number of hydrogen-bond acceptors (Lipinski definition) is 3. The van der Waals surface area contributed by atoms with Crippen molar-refractivity contribution in [2.24, 2.45) is 0 Å². The molecule has 0 saturated heterocycles. The Hall–Kier alpha value is -3.40. The normalized spacial score (nSPS) is 10.4. The Bertz CT molecular complexity index is 836. The lowest BCUT2D eigenvalue weighted by molar-refractivity contribution is -0.255. The number of carbonyl (C=O) groups excluding carboxylic acids is 2. The van der Waals surface area contributed by atoms with Crippen molar-refractivity contribution >= 4 is 17.6 Å². The van der Waals surface area contributed by atoms with Crippen molar-refractivity contribution in [1.82, 2.24) is 0 Å². The highest BCUT2D eigenvalue weighted by molar-refractivity contribution is 5.99. The molecule has 0 aliphatic carbocycles. The standard InChI is InChI=1S/C21H17NO3/c23-20(22-18-13-7-12-17(14-18)21(24)25)19(15-8-3-1-4-9-15)16-10-5-2-6-11-16/h1-14,19H,(H,22,23)(H,24,25)/p-1. The van der Waals surface area contributed by atoms with Gasteiger partial charge in [0.15, 0.2) is 0 Å². The molecule has 4 nitrogen and oxygen atoms in total. The molecule has 0 fully saturated rings. The van der Waals surface area contributed by atoms with Crippen molar-refractivity contribution < 1.29 is 14.7 Å². The van der Waals surface area contributed by atoms with Crippen LogP contribution in [0.25, 0.3) is 0 Å². The van der Waals surface area contributed by atoms with Gasteiger partial charge in [-0.05, 0) is 28.8 Å². The van der Waals surface area contributed by atoms with E-state index in [0.29, 0.717) is 5.69 Å². The number of carbonyl (C=O) groups is 2. The van der Waals surface area contributed by atoms with Gasteiger partial charge in [0.1, 0.15) is 0 Å². The van der Waals surface area contributed by atoms with Gasteiger partial charge < -0.3 is 15.2 Å². The molecule has 0 aliphatic rings. The fraction of sp³-hybridized carbons (Fsp3) is 0.0476. The summed E-state index contributed by atoms with van der Waals surface area (Å²) in [5, 5.41) is 13.8. The van der Waals surface area contributed by atoms with Gasteiger partial charge in [-0.3, -0.25) is 4.79 Å². The van der Waals surface area contributed by atoms with Crippen molar-refractivity contribution in [3.8, 4) is 0 Å². The third kappa shape index (κ3) is 3.93. The lowest BCUT2D eigenvalue weighted by atomic mass is 9.90. The zero-order chi connectivity index (χ0) is 17.6. The summed E-state index contributed by atoms with van der Waals surface area (Å²) < 4.78 is 0. The second kappa shape index (κ2) is 7.45. The molecular formula is C21H16NO3-. The average Bonchev–Trinajstić information content (AvgIpc) is 2.64. The van der Waals surface area contributed by atoms with Gasteiger partial charge in [0.2, 0.25) is 5.91 Å². The Balaban J connectivity index is 1.93. The van der Waals surface area contributed by atoms with Gasteiger partial charge in [-0.25, -0.2) is 0 Å². The zero-order valence-electron chi connectivity index (χ0n) is 13.4. The zero-order valence-corrected chi connectivity index (χ0v) is 13.4. The van der Waals surface area contributed by atoms with Crippen LogP contribution in [0.1, 0.15) is 27.4 Å². The van der Waals surface area contributed by atoms with Crippen molar-refractivity contribution in [2.45, 2.75) is 5.92 Å². The second-order valence-corrected chi connectivity index (χ2v) is 5.61. The maximum absolute atomic E-state index is 12.9. The summed E-state index contributed by atoms with van der Waals surface area (Å²) in [6.07, 6.45) is 0. The molecule has 0 bridgehead atoms. The lowest BCUT2D eigenvalue weighted by Gasteiger charge is -2.18. The number of nitrogens with one attached hydrogen (secondary N) is 1. The summed E-state index contributed by atoms with van der Waals surface area (Å²) in [4.78, 5) is 23.9. The van der Waals surface area contributed by atoms with Crippen molar-refractivity contribution in [3.63, 3.8) is 0 Å². The smallest absolute Gasteiger partial charge is 0.236 e. The van der Waals surface area contributed by atoms with Crippen LogP contribution in [0.15, 0.2) is 84.9 Å². The van der Waals surface area contributed by atoms with Crippen LogP contribution >= 0.6 is 0 Å². The first-order valence-corrected chi connectivity index (χ1v) is 7.87. The topological polar surface area (TPSA) is 69.2 Å². The molecule has 0 aliphatic heterocycles. The van der Waals surface area contributed by atoms with Crippen LogP contribution < -0.4 is 10.4 Å². The van der Waals surface area contributed by atoms with Gasteiger partial charge in [-0.15, -0.1) is 0 Å². The Labute approximate surface area is 145 Å². The SMILES string of the molecule is O=C([O-])c1cccc(NC(=O)C(c2ccccc2)c2ccccc2)c1. The number of aromatic carboxylic acids is 1. The van der Waals surface area contributed by atoms with E-state index in [-0.39, 0.29) is 11.5 Å². The summed E-state index contributed by atoms with van der Waals surface area (Å²) in [5.41, 5.74) is 2.17. The van der Waals surface area contributed by atoms with E-state index >= 15 is 0 Å². The minimum absolute atomic E-state index is 0.0220. The first-order chi connectivity index (χ1) is 12.1. The highest BCUT2D eigenvalue weighted by Crippen LogP contribution is 2.26. The third-order valence-corrected chi connectivity index (χ3v) is 3.89. The summed E-state index contributed by atoms with van der Waals surface area (Å²) in [7, 11) is 0. The molecule has 0 atom stereocenters. The molecule has 0 aromatic heterocycles. The highest BCUT2D eigenvalue weighted by atomic mass is 16.4. The molecule has 0 saturated carbocycles. The fourth-order valence-corrected chi connectivity index (χ4v) is 2.72. The van der Waals surface area contributed by atoms with Gasteiger partial charge >= 0.3 is 0 Å². The fourth-order valence-electron chi connectivity index (χ4n) is 2.72. The van der Waals surface area contributed by atoms with E-state index in [1.54, 1.807) is 12.1 Å². The van der Waals surface area contributed by atoms with E-state index in [0.717, 1.165) is 11.1 Å². The van der Waals surface area contributed by atoms with Crippen LogP contribution in [0.3, 0.4) is 0 Å². The van der Waals surface area contributed by atoms with Crippen molar-refractivity contribution in [2.75, 3.05) is 5.32 Å². The Morgan fingerprint density at radius 3 is 1.84 bits per heavy atom. The minimum Gasteiger partial charge on any atom is -0.545 e. The monoisotopic (exact) mass is 330 g/mol. The summed E-state index contributed by atoms with van der Waals surface area (Å²) >= 11 is 0. The summed E-state index contributed by atoms with van der Waals surface area (Å²) in [5.74, 6) is -2.00. The van der Waals surface area contributed by atoms with E-state index < -0.39 is 11.9 Å². The maximum atomic E-state index is 12.9. The van der Waals surface area contributed by atoms with Gasteiger partial charge in [0.05, 0.1) is 11.9 Å². The molecule has 3 aromatic rings. The number of rotatable bonds is 5. The van der Waals surface area contributed by atoms with Crippen LogP contribution in [-0.2, 0) is 4.79 Å². The molecule has 0 radical (unpaired) electrons. The molecule has 0 unspecified atom stereocenters. The predicted molar refractivity (Wildman–Crippen MR) is 94.1 cm³/mol. The molecule has 3 aromatic carbocycles. The summed E-state index contributed by atoms with van der Waals surface area (Å²) in [6.45, 7) is 0. The molecule has 3 rings (SSSR count). The van der Waals surface area contributed by atoms with Crippen LogP contribution in [0.2, 0.25) is 0 Å². The van der Waals surface area contributed by atoms with Crippen LogP contribution in [-0.4, -0.2) is 11.9 Å². The summed E-state index contributed by atoms with van der Waals surface area (Å²) in [6, 6.07) is 25.0. The van der Waals surface area contributed by atoms with E-state index in [4.69, 9.17) is 0 Å². The second-order valence-electron chi connectivity index (χ2n) is 5.61. The van der Waals surface area contributed by atoms with Crippen molar-refractivity contribution in [3.05, 3.63) is 102 Å². The largest absolute Gasteiger partial charge is 0.545 e. The van der Waals surface area contributed by atoms with Crippen molar-refractivity contribution in [1.29, 1.82) is 0 Å². The Morgan fingerprint density at radius 2 is 1.32 bits per heavy atom. The van der Waals surface area contributed by atoms with Crippen LogP contribution in [0, 0.1) is 0 Å². The number of anilines is 1. The van der Waals surface area contributed by atoms with E-state index in [1.807, 2.05) is 60.7 Å². The number of carboxylic acids is 1. The molecule has 0 heterocycles. The lowest BCUT2D eigenvalue weighted by Crippen LogP contribution is -2.24. The Morgan fingerprint density at radius 1 is 0.760 bits per heavy atom.